The first kappa shape index (κ1) is 15.4. The molecule has 21 heavy (non-hydrogen) atoms. The lowest BCUT2D eigenvalue weighted by molar-refractivity contribution is -0.116. The Labute approximate surface area is 126 Å². The molecule has 1 aromatic rings. The average molecular weight is 307 g/mol. The van der Waals surface area contributed by atoms with Crippen LogP contribution in [0.15, 0.2) is 41.1 Å². The van der Waals surface area contributed by atoms with Gasteiger partial charge < -0.3 is 10.1 Å². The number of amides is 1. The molecule has 1 aromatic carbocycles. The van der Waals surface area contributed by atoms with Gasteiger partial charge in [-0.2, -0.15) is 5.10 Å². The fourth-order valence-corrected chi connectivity index (χ4v) is 2.17. The Balaban J connectivity index is 1.96. The summed E-state index contributed by atoms with van der Waals surface area (Å²) in [5.74, 6) is -0.106. The summed E-state index contributed by atoms with van der Waals surface area (Å²) in [5.41, 5.74) is 1.05. The van der Waals surface area contributed by atoms with Gasteiger partial charge in [0.1, 0.15) is 5.82 Å². The topological polar surface area (TPSA) is 63.1 Å². The number of hydrogen-bond donors (Lipinski definition) is 1. The number of benzene rings is 1. The summed E-state index contributed by atoms with van der Waals surface area (Å²) in [7, 11) is 0. The Morgan fingerprint density at radius 3 is 3.05 bits per heavy atom. The summed E-state index contributed by atoms with van der Waals surface area (Å²) in [6.45, 7) is 4.10. The number of nitrogens with zero attached hydrogens (tertiary/aromatic N) is 2. The molecule has 0 radical (unpaired) electrons. The highest BCUT2D eigenvalue weighted by Crippen LogP contribution is 2.11. The molecule has 0 atom stereocenters. The predicted molar refractivity (Wildman–Crippen MR) is 81.9 cm³/mol. The Hall–Kier alpha value is -1.99. The van der Waals surface area contributed by atoms with Gasteiger partial charge in [-0.15, -0.1) is 11.7 Å². The summed E-state index contributed by atoms with van der Waals surface area (Å²) in [5, 5.41) is 10.7. The number of amidine groups is 1. The van der Waals surface area contributed by atoms with Crippen molar-refractivity contribution in [3.63, 3.8) is 0 Å². The third-order valence-electron chi connectivity index (χ3n) is 2.51. The molecule has 1 aliphatic heterocycles. The maximum atomic E-state index is 13.8. The third kappa shape index (κ3) is 4.80. The molecule has 0 aliphatic carbocycles. The second-order valence-electron chi connectivity index (χ2n) is 4.14. The van der Waals surface area contributed by atoms with Gasteiger partial charge in [0.25, 0.3) is 0 Å². The molecule has 0 spiro atoms. The van der Waals surface area contributed by atoms with E-state index in [1.165, 1.54) is 24.0 Å². The van der Waals surface area contributed by atoms with Gasteiger partial charge in [0, 0.05) is 5.56 Å². The van der Waals surface area contributed by atoms with E-state index in [4.69, 9.17) is 4.74 Å². The standard InChI is InChI=1S/C14H14FN3O2S/c1-2-5-20-8-11-4-3-10(6-12(11)15)7-16-18-14-17-13(19)9-21-14/h2-4,6-7H,1,5,8-9H2,(H,17,18,19). The van der Waals surface area contributed by atoms with E-state index in [0.717, 1.165) is 0 Å². The van der Waals surface area contributed by atoms with E-state index in [0.29, 0.717) is 28.7 Å². The van der Waals surface area contributed by atoms with Crippen LogP contribution in [0, 0.1) is 5.82 Å². The molecule has 1 amide bonds. The molecule has 1 aliphatic rings. The van der Waals surface area contributed by atoms with Crippen LogP contribution >= 0.6 is 11.8 Å². The number of halogens is 1. The molecule has 2 rings (SSSR count). The van der Waals surface area contributed by atoms with Gasteiger partial charge in [0.05, 0.1) is 25.2 Å². The molecular formula is C14H14FN3O2S. The van der Waals surface area contributed by atoms with Crippen LogP contribution in [0.3, 0.4) is 0 Å². The Morgan fingerprint density at radius 1 is 1.52 bits per heavy atom. The molecule has 1 heterocycles. The maximum Gasteiger partial charge on any atom is 0.236 e. The summed E-state index contributed by atoms with van der Waals surface area (Å²) in [6.07, 6.45) is 3.04. The van der Waals surface area contributed by atoms with Crippen molar-refractivity contribution in [2.75, 3.05) is 12.4 Å². The number of ether oxygens (including phenoxy) is 1. The maximum absolute atomic E-state index is 13.8. The number of hydrogen-bond acceptors (Lipinski definition) is 5. The van der Waals surface area contributed by atoms with Crippen LogP contribution in [0.25, 0.3) is 0 Å². The molecule has 1 fully saturated rings. The van der Waals surface area contributed by atoms with E-state index in [9.17, 15) is 9.18 Å². The quantitative estimate of drug-likeness (QED) is 0.379. The zero-order chi connectivity index (χ0) is 15.1. The summed E-state index contributed by atoms with van der Waals surface area (Å²) >= 11 is 1.28. The van der Waals surface area contributed by atoms with Crippen molar-refractivity contribution in [3.8, 4) is 0 Å². The van der Waals surface area contributed by atoms with Crippen LogP contribution in [-0.4, -0.2) is 29.6 Å². The van der Waals surface area contributed by atoms with E-state index < -0.39 is 0 Å². The first-order valence-electron chi connectivity index (χ1n) is 6.20. The third-order valence-corrected chi connectivity index (χ3v) is 3.38. The lowest BCUT2D eigenvalue weighted by atomic mass is 10.1. The lowest BCUT2D eigenvalue weighted by Crippen LogP contribution is -2.19. The molecule has 110 valence electrons. The highest BCUT2D eigenvalue weighted by molar-refractivity contribution is 8.15. The minimum Gasteiger partial charge on any atom is -0.373 e. The first-order chi connectivity index (χ1) is 10.2. The van der Waals surface area contributed by atoms with Gasteiger partial charge in [0.15, 0.2) is 5.17 Å². The van der Waals surface area contributed by atoms with Gasteiger partial charge >= 0.3 is 0 Å². The number of rotatable bonds is 6. The second-order valence-corrected chi connectivity index (χ2v) is 5.11. The van der Waals surface area contributed by atoms with Gasteiger partial charge in [-0.05, 0) is 11.6 Å². The molecule has 1 N–H and O–H groups in total. The minimum absolute atomic E-state index is 0.0936. The molecule has 7 heteroatoms. The Kier molecular flexibility index (Phi) is 5.65. The predicted octanol–water partition coefficient (Wildman–Crippen LogP) is 2.08. The van der Waals surface area contributed by atoms with Crippen molar-refractivity contribution in [2.24, 2.45) is 10.2 Å². The monoisotopic (exact) mass is 307 g/mol. The van der Waals surface area contributed by atoms with Gasteiger partial charge in [-0.25, -0.2) is 4.39 Å². The normalized spacial score (nSPS) is 16.6. The molecule has 0 bridgehead atoms. The molecular weight excluding hydrogens is 293 g/mol. The van der Waals surface area contributed by atoms with Gasteiger partial charge in [0.2, 0.25) is 5.91 Å². The van der Waals surface area contributed by atoms with Crippen LogP contribution in [0.5, 0.6) is 0 Å². The van der Waals surface area contributed by atoms with Crippen LogP contribution in [0.2, 0.25) is 0 Å². The average Bonchev–Trinajstić information content (AvgIpc) is 2.87. The van der Waals surface area contributed by atoms with E-state index in [1.807, 2.05) is 0 Å². The van der Waals surface area contributed by atoms with Crippen LogP contribution in [0.1, 0.15) is 11.1 Å². The number of nitrogens with one attached hydrogen (secondary N) is 1. The molecule has 0 unspecified atom stereocenters. The summed E-state index contributed by atoms with van der Waals surface area (Å²) in [4.78, 5) is 10.9. The number of carbonyl (C=O) groups is 1. The van der Waals surface area contributed by atoms with Crippen molar-refractivity contribution in [3.05, 3.63) is 47.8 Å². The number of carbonyl (C=O) groups excluding carboxylic acids is 1. The molecule has 1 saturated heterocycles. The zero-order valence-electron chi connectivity index (χ0n) is 11.2. The van der Waals surface area contributed by atoms with E-state index in [2.05, 4.69) is 22.1 Å². The fraction of sp³-hybridized carbons (Fsp3) is 0.214. The second kappa shape index (κ2) is 7.70. The van der Waals surface area contributed by atoms with E-state index >= 15 is 0 Å². The van der Waals surface area contributed by atoms with E-state index in [-0.39, 0.29) is 18.3 Å². The van der Waals surface area contributed by atoms with Crippen molar-refractivity contribution >= 4 is 29.1 Å². The lowest BCUT2D eigenvalue weighted by Gasteiger charge is -2.04. The Morgan fingerprint density at radius 2 is 2.38 bits per heavy atom. The highest BCUT2D eigenvalue weighted by Gasteiger charge is 2.15. The van der Waals surface area contributed by atoms with Gasteiger partial charge in [-0.3, -0.25) is 4.79 Å². The van der Waals surface area contributed by atoms with Crippen molar-refractivity contribution < 1.29 is 13.9 Å². The highest BCUT2D eigenvalue weighted by atomic mass is 32.2. The van der Waals surface area contributed by atoms with Crippen molar-refractivity contribution in [1.82, 2.24) is 5.32 Å². The summed E-state index contributed by atoms with van der Waals surface area (Å²) < 4.78 is 19.0. The van der Waals surface area contributed by atoms with Crippen molar-refractivity contribution in [2.45, 2.75) is 6.61 Å². The molecule has 5 nitrogen and oxygen atoms in total. The summed E-state index contributed by atoms with van der Waals surface area (Å²) in [6, 6.07) is 4.72. The van der Waals surface area contributed by atoms with Gasteiger partial charge in [-0.1, -0.05) is 30.0 Å². The van der Waals surface area contributed by atoms with Crippen LogP contribution < -0.4 is 5.32 Å². The zero-order valence-corrected chi connectivity index (χ0v) is 12.0. The van der Waals surface area contributed by atoms with Crippen LogP contribution in [-0.2, 0) is 16.1 Å². The molecule has 0 saturated carbocycles. The Bertz CT molecular complexity index is 602. The first-order valence-corrected chi connectivity index (χ1v) is 7.18. The SMILES string of the molecule is C=CCOCc1ccc(C=NN=C2NC(=O)CS2)cc1F. The smallest absolute Gasteiger partial charge is 0.236 e. The molecule has 0 aromatic heterocycles. The minimum atomic E-state index is -0.362. The largest absolute Gasteiger partial charge is 0.373 e. The van der Waals surface area contributed by atoms with Crippen LogP contribution in [0.4, 0.5) is 4.39 Å². The fourth-order valence-electron chi connectivity index (χ4n) is 1.54. The van der Waals surface area contributed by atoms with Crippen molar-refractivity contribution in [1.29, 1.82) is 0 Å². The van der Waals surface area contributed by atoms with E-state index in [1.54, 1.807) is 18.2 Å². The number of thioether (sulfide) groups is 1.